The van der Waals surface area contributed by atoms with Gasteiger partial charge in [-0.1, -0.05) is 89.7 Å². The number of nitrogens with one attached hydrogen (secondary N) is 1. The van der Waals surface area contributed by atoms with Crippen LogP contribution in [0.3, 0.4) is 0 Å². The number of rotatable bonds is 23. The highest BCUT2D eigenvalue weighted by Gasteiger charge is 2.62. The maximum Gasteiger partial charge on any atom is 0.316 e. The third-order valence-corrected chi connectivity index (χ3v) is 13.8. The Bertz CT molecular complexity index is 1420. The first-order chi connectivity index (χ1) is 28.6. The first kappa shape index (κ1) is 46.2. The standard InChI is InChI=1S/C45H78N6O8/c1-3-4-20-35-24-26-43(58-35)32-34-22-23-36-38(44(25-17-19-33(2)57-44)49-42(48-43)51(34)36)40(53)56-31-16-14-12-10-8-6-5-7-9-11-13-15-21-37-39(52)50(30-18-28-46)41(54)45(55,59-37)27-29-47/h4,20,33-38,41,54-55H,3,5-19,21-32,46-47H2,1-2H3,(H,48,49)/b20-4+/t33-,34+,35+,36-,37-,38-,41-,43+,44-,45+/m0/s1. The molecule has 0 aromatic carbocycles. The van der Waals surface area contributed by atoms with E-state index in [1.807, 2.05) is 0 Å². The molecule has 59 heavy (non-hydrogen) atoms. The number of hydrogen-bond acceptors (Lipinski definition) is 13. The third-order valence-electron chi connectivity index (χ3n) is 13.8. The van der Waals surface area contributed by atoms with Gasteiger partial charge in [0.05, 0.1) is 24.9 Å². The maximum absolute atomic E-state index is 14.0. The molecule has 14 nitrogen and oxygen atoms in total. The lowest BCUT2D eigenvalue weighted by Crippen LogP contribution is -2.70. The number of morpholine rings is 1. The monoisotopic (exact) mass is 831 g/mol. The van der Waals surface area contributed by atoms with E-state index in [0.717, 1.165) is 109 Å². The summed E-state index contributed by atoms with van der Waals surface area (Å²) >= 11 is 0. The fourth-order valence-electron chi connectivity index (χ4n) is 10.8. The zero-order valence-electron chi connectivity index (χ0n) is 36.3. The van der Waals surface area contributed by atoms with Crippen LogP contribution in [0.15, 0.2) is 17.1 Å². The third kappa shape index (κ3) is 11.2. The predicted octanol–water partition coefficient (Wildman–Crippen LogP) is 5.47. The van der Waals surface area contributed by atoms with Crippen LogP contribution in [0.2, 0.25) is 0 Å². The van der Waals surface area contributed by atoms with Crippen molar-refractivity contribution >= 4 is 17.8 Å². The number of guanidine groups is 1. The molecule has 0 aromatic rings. The van der Waals surface area contributed by atoms with Gasteiger partial charge in [0, 0.05) is 25.4 Å². The number of carbonyl (C=O) groups excluding carboxylic acids is 2. The maximum atomic E-state index is 14.0. The number of nitrogens with zero attached hydrogens (tertiary/aromatic N) is 3. The van der Waals surface area contributed by atoms with Gasteiger partial charge in [0.1, 0.15) is 17.7 Å². The summed E-state index contributed by atoms with van der Waals surface area (Å²) in [7, 11) is 0. The summed E-state index contributed by atoms with van der Waals surface area (Å²) in [4.78, 5) is 36.0. The van der Waals surface area contributed by atoms with E-state index in [9.17, 15) is 19.8 Å². The Kier molecular flexibility index (Phi) is 16.9. The second kappa shape index (κ2) is 21.6. The zero-order chi connectivity index (χ0) is 41.9. The lowest BCUT2D eigenvalue weighted by atomic mass is 9.80. The number of amides is 1. The Morgan fingerprint density at radius 1 is 0.932 bits per heavy atom. The number of hydrogen-bond donors (Lipinski definition) is 5. The molecular weight excluding hydrogens is 753 g/mol. The van der Waals surface area contributed by atoms with E-state index < -0.39 is 35.5 Å². The van der Waals surface area contributed by atoms with Crippen molar-refractivity contribution in [1.82, 2.24) is 15.1 Å². The predicted molar refractivity (Wildman–Crippen MR) is 227 cm³/mol. The van der Waals surface area contributed by atoms with Crippen LogP contribution in [-0.4, -0.2) is 118 Å². The summed E-state index contributed by atoms with van der Waals surface area (Å²) in [6, 6.07) is 0.318. The number of aliphatic hydroxyl groups excluding tert-OH is 1. The smallest absolute Gasteiger partial charge is 0.316 e. The average Bonchev–Trinajstić information content (AvgIpc) is 3.81. The molecule has 1 amide bonds. The Morgan fingerprint density at radius 2 is 1.64 bits per heavy atom. The van der Waals surface area contributed by atoms with E-state index in [1.165, 1.54) is 37.0 Å². The van der Waals surface area contributed by atoms with Gasteiger partial charge >= 0.3 is 5.97 Å². The highest BCUT2D eigenvalue weighted by atomic mass is 16.7. The lowest BCUT2D eigenvalue weighted by molar-refractivity contribution is -0.325. The molecular formula is C45H78N6O8. The number of esters is 1. The highest BCUT2D eigenvalue weighted by Crippen LogP contribution is 2.50. The van der Waals surface area contributed by atoms with Gasteiger partial charge < -0.3 is 55.7 Å². The van der Waals surface area contributed by atoms with Crippen molar-refractivity contribution in [3.63, 3.8) is 0 Å². The Balaban J connectivity index is 0.849. The largest absolute Gasteiger partial charge is 0.465 e. The number of nitrogens with two attached hydrogens (primary N) is 2. The number of ether oxygens (including phenoxy) is 4. The number of aliphatic hydroxyl groups is 2. The highest BCUT2D eigenvalue weighted by molar-refractivity contribution is 5.87. The van der Waals surface area contributed by atoms with Gasteiger partial charge in [0.25, 0.3) is 5.91 Å². The normalized spacial score (nSPS) is 35.5. The van der Waals surface area contributed by atoms with E-state index in [2.05, 4.69) is 36.2 Å². The molecule has 0 bridgehead atoms. The van der Waals surface area contributed by atoms with Crippen molar-refractivity contribution < 1.29 is 38.7 Å². The molecule has 5 saturated heterocycles. The summed E-state index contributed by atoms with van der Waals surface area (Å²) < 4.78 is 25.2. The minimum Gasteiger partial charge on any atom is -0.465 e. The van der Waals surface area contributed by atoms with Gasteiger partial charge in [-0.05, 0) is 90.6 Å². The Morgan fingerprint density at radius 3 is 2.32 bits per heavy atom. The van der Waals surface area contributed by atoms with Gasteiger partial charge in [0.15, 0.2) is 17.9 Å². The van der Waals surface area contributed by atoms with Crippen LogP contribution in [0.4, 0.5) is 0 Å². The van der Waals surface area contributed by atoms with Gasteiger partial charge in [-0.2, -0.15) is 0 Å². The molecule has 0 radical (unpaired) electrons. The molecule has 7 N–H and O–H groups in total. The van der Waals surface area contributed by atoms with Crippen molar-refractivity contribution in [2.45, 2.75) is 222 Å². The molecule has 2 spiro atoms. The van der Waals surface area contributed by atoms with Crippen molar-refractivity contribution in [3.8, 4) is 0 Å². The van der Waals surface area contributed by atoms with Crippen LogP contribution in [-0.2, 0) is 28.5 Å². The summed E-state index contributed by atoms with van der Waals surface area (Å²) in [6.45, 7) is 5.51. The van der Waals surface area contributed by atoms with Gasteiger partial charge in [-0.15, -0.1) is 0 Å². The average molecular weight is 831 g/mol. The number of aliphatic imine (C=N–C) groups is 1. The summed E-state index contributed by atoms with van der Waals surface area (Å²) in [5.74, 6) is -1.86. The SMILES string of the molecule is CC/C=C/[C@@H]1CC[C@]2(C[C@H]3CC[C@H]4[C@@H](C(=O)OCCCCCCCCCCCCCC[C@@H]5O[C@](O)(CCN)[C@H](O)N(CCCN)C5=O)[C@@]5(CCC[C@H](C)O5)N=C(N2)N34)O1. The van der Waals surface area contributed by atoms with Gasteiger partial charge in [0.2, 0.25) is 5.79 Å². The van der Waals surface area contributed by atoms with Crippen LogP contribution in [0, 0.1) is 5.92 Å². The Labute approximate surface area is 353 Å². The molecule has 0 aromatic heterocycles. The number of allylic oxidation sites excluding steroid dienone is 1. The van der Waals surface area contributed by atoms with Crippen LogP contribution in [0.5, 0.6) is 0 Å². The zero-order valence-corrected chi connectivity index (χ0v) is 36.3. The molecule has 0 saturated carbocycles. The van der Waals surface area contributed by atoms with Crippen molar-refractivity contribution in [2.75, 3.05) is 26.2 Å². The molecule has 10 atom stereocenters. The molecule has 0 aliphatic carbocycles. The van der Waals surface area contributed by atoms with Crippen LogP contribution in [0.25, 0.3) is 0 Å². The lowest BCUT2D eigenvalue weighted by Gasteiger charge is -2.54. The molecule has 336 valence electrons. The van der Waals surface area contributed by atoms with Gasteiger partial charge in [-0.3, -0.25) is 9.59 Å². The number of unbranched alkanes of at least 4 members (excludes halogenated alkanes) is 11. The second-order valence-electron chi connectivity index (χ2n) is 18.4. The minimum absolute atomic E-state index is 0.0210. The summed E-state index contributed by atoms with van der Waals surface area (Å²) in [6.07, 6.45) is 25.1. The van der Waals surface area contributed by atoms with E-state index in [4.69, 9.17) is 35.4 Å². The first-order valence-corrected chi connectivity index (χ1v) is 23.7. The minimum atomic E-state index is -1.85. The number of carbonyl (C=O) groups is 2. The molecule has 6 heterocycles. The van der Waals surface area contributed by atoms with Crippen molar-refractivity contribution in [1.29, 1.82) is 0 Å². The molecule has 6 aliphatic rings. The Hall–Kier alpha value is -2.33. The van der Waals surface area contributed by atoms with Crippen LogP contribution >= 0.6 is 0 Å². The topological polar surface area (TPSA) is 194 Å². The summed E-state index contributed by atoms with van der Waals surface area (Å²) in [5.41, 5.74) is 9.98. The fraction of sp³-hybridized carbons (Fsp3) is 0.889. The van der Waals surface area contributed by atoms with E-state index in [0.29, 0.717) is 32.0 Å². The molecule has 6 rings (SSSR count). The fourth-order valence-corrected chi connectivity index (χ4v) is 10.8. The first-order valence-electron chi connectivity index (χ1n) is 23.7. The molecule has 14 heteroatoms. The van der Waals surface area contributed by atoms with E-state index >= 15 is 0 Å². The van der Waals surface area contributed by atoms with Crippen molar-refractivity contribution in [3.05, 3.63) is 12.2 Å². The van der Waals surface area contributed by atoms with Crippen LogP contribution in [0.1, 0.15) is 168 Å². The molecule has 6 aliphatic heterocycles. The van der Waals surface area contributed by atoms with Crippen molar-refractivity contribution in [2.24, 2.45) is 22.4 Å². The van der Waals surface area contributed by atoms with Gasteiger partial charge in [-0.25, -0.2) is 4.99 Å². The molecule has 5 fully saturated rings. The summed E-state index contributed by atoms with van der Waals surface area (Å²) in [5, 5.41) is 25.3. The second-order valence-corrected chi connectivity index (χ2v) is 18.4. The van der Waals surface area contributed by atoms with E-state index in [1.54, 1.807) is 0 Å². The van der Waals surface area contributed by atoms with E-state index in [-0.39, 0.29) is 49.6 Å². The van der Waals surface area contributed by atoms with Crippen LogP contribution < -0.4 is 16.8 Å². The molecule has 0 unspecified atom stereocenters. The quantitative estimate of drug-likeness (QED) is 0.0496.